The molecule has 2 amide bonds. The lowest BCUT2D eigenvalue weighted by atomic mass is 9.86. The minimum atomic E-state index is -0.337. The van der Waals surface area contributed by atoms with Gasteiger partial charge < -0.3 is 9.80 Å². The van der Waals surface area contributed by atoms with Crippen LogP contribution in [0, 0.1) is 11.7 Å². The topological polar surface area (TPSA) is 40.6 Å². The summed E-state index contributed by atoms with van der Waals surface area (Å²) in [6.45, 7) is 3.94. The third kappa shape index (κ3) is 5.73. The lowest BCUT2D eigenvalue weighted by Gasteiger charge is -2.36. The van der Waals surface area contributed by atoms with Gasteiger partial charge in [0.25, 0.3) is 5.91 Å². The van der Waals surface area contributed by atoms with Crippen molar-refractivity contribution in [2.45, 2.75) is 52.1 Å². The van der Waals surface area contributed by atoms with Crippen molar-refractivity contribution in [2.24, 2.45) is 5.92 Å². The van der Waals surface area contributed by atoms with Crippen LogP contribution in [0.3, 0.4) is 0 Å². The summed E-state index contributed by atoms with van der Waals surface area (Å²) in [6.07, 6.45) is 3.86. The van der Waals surface area contributed by atoms with Crippen molar-refractivity contribution in [3.63, 3.8) is 0 Å². The smallest absolute Gasteiger partial charge is 0.266 e. The quantitative estimate of drug-likeness (QED) is 0.236. The molecule has 5 rings (SSSR count). The SMILES string of the molecule is CC(=O)N(C)c1ccc(-c2ccc(F)c(CN(C(=O)c3sc4ccccc4c3Cl)C3CCC(C)CC3)c2)cc1. The third-order valence-electron chi connectivity index (χ3n) is 7.86. The van der Waals surface area contributed by atoms with Crippen molar-refractivity contribution in [3.8, 4) is 11.1 Å². The van der Waals surface area contributed by atoms with Gasteiger partial charge in [-0.2, -0.15) is 0 Å². The number of rotatable bonds is 6. The molecule has 1 aromatic heterocycles. The highest BCUT2D eigenvalue weighted by molar-refractivity contribution is 7.21. The molecule has 0 N–H and O–H groups in total. The molecule has 4 nitrogen and oxygen atoms in total. The van der Waals surface area contributed by atoms with Crippen molar-refractivity contribution in [1.82, 2.24) is 4.90 Å². The fraction of sp³-hybridized carbons (Fsp3) is 0.312. The van der Waals surface area contributed by atoms with E-state index in [1.54, 1.807) is 18.0 Å². The summed E-state index contributed by atoms with van der Waals surface area (Å²) in [6, 6.07) is 20.4. The van der Waals surface area contributed by atoms with E-state index in [-0.39, 0.29) is 30.2 Å². The minimum absolute atomic E-state index is 0.0273. The molecular weight excluding hydrogens is 531 g/mol. The Labute approximate surface area is 238 Å². The minimum Gasteiger partial charge on any atom is -0.330 e. The van der Waals surface area contributed by atoms with Gasteiger partial charge in [-0.25, -0.2) is 4.39 Å². The summed E-state index contributed by atoms with van der Waals surface area (Å²) in [7, 11) is 1.73. The summed E-state index contributed by atoms with van der Waals surface area (Å²) in [4.78, 5) is 29.7. The van der Waals surface area contributed by atoms with Crippen LogP contribution in [0.15, 0.2) is 66.7 Å². The number of fused-ring (bicyclic) bond motifs is 1. The Morgan fingerprint density at radius 2 is 1.64 bits per heavy atom. The summed E-state index contributed by atoms with van der Waals surface area (Å²) in [5.74, 6) is 0.0990. The second kappa shape index (κ2) is 11.5. The number of carbonyl (C=O) groups is 2. The molecule has 7 heteroatoms. The van der Waals surface area contributed by atoms with Crippen LogP contribution >= 0.6 is 22.9 Å². The first-order chi connectivity index (χ1) is 18.7. The molecule has 1 heterocycles. The first-order valence-corrected chi connectivity index (χ1v) is 14.5. The number of hydrogen-bond acceptors (Lipinski definition) is 3. The molecule has 3 aromatic carbocycles. The molecule has 1 fully saturated rings. The molecule has 0 saturated heterocycles. The van der Waals surface area contributed by atoms with Crippen LogP contribution < -0.4 is 4.90 Å². The predicted molar refractivity (Wildman–Crippen MR) is 159 cm³/mol. The van der Waals surface area contributed by atoms with E-state index in [4.69, 9.17) is 11.6 Å². The van der Waals surface area contributed by atoms with E-state index in [0.29, 0.717) is 21.4 Å². The fourth-order valence-corrected chi connectivity index (χ4v) is 6.79. The molecule has 1 saturated carbocycles. The maximum atomic E-state index is 15.2. The number of halogens is 2. The third-order valence-corrected chi connectivity index (χ3v) is 9.53. The van der Waals surface area contributed by atoms with Gasteiger partial charge in [0, 0.05) is 47.9 Å². The van der Waals surface area contributed by atoms with E-state index >= 15 is 4.39 Å². The van der Waals surface area contributed by atoms with Gasteiger partial charge in [-0.05, 0) is 73.1 Å². The second-order valence-electron chi connectivity index (χ2n) is 10.5. The van der Waals surface area contributed by atoms with Crippen LogP contribution in [0.25, 0.3) is 21.2 Å². The number of anilines is 1. The molecule has 0 unspecified atom stereocenters. The Bertz CT molecular complexity index is 1510. The lowest BCUT2D eigenvalue weighted by molar-refractivity contribution is -0.116. The summed E-state index contributed by atoms with van der Waals surface area (Å²) in [5.41, 5.74) is 3.03. The summed E-state index contributed by atoms with van der Waals surface area (Å²) in [5, 5.41) is 1.34. The summed E-state index contributed by atoms with van der Waals surface area (Å²) < 4.78 is 16.2. The molecule has 0 atom stereocenters. The number of nitrogens with zero attached hydrogens (tertiary/aromatic N) is 2. The van der Waals surface area contributed by atoms with Gasteiger partial charge >= 0.3 is 0 Å². The second-order valence-corrected chi connectivity index (χ2v) is 11.9. The largest absolute Gasteiger partial charge is 0.330 e. The molecule has 0 aliphatic heterocycles. The van der Waals surface area contributed by atoms with Gasteiger partial charge in [-0.3, -0.25) is 9.59 Å². The van der Waals surface area contributed by atoms with Gasteiger partial charge in [0.15, 0.2) is 0 Å². The zero-order chi connectivity index (χ0) is 27.7. The predicted octanol–water partition coefficient (Wildman–Crippen LogP) is 8.56. The molecule has 0 bridgehead atoms. The van der Waals surface area contributed by atoms with Crippen molar-refractivity contribution >= 4 is 50.5 Å². The first kappa shape index (κ1) is 27.4. The van der Waals surface area contributed by atoms with E-state index in [1.807, 2.05) is 59.5 Å². The zero-order valence-corrected chi connectivity index (χ0v) is 24.0. The van der Waals surface area contributed by atoms with E-state index in [9.17, 15) is 9.59 Å². The maximum absolute atomic E-state index is 15.2. The molecule has 0 spiro atoms. The van der Waals surface area contributed by atoms with Crippen LogP contribution in [-0.4, -0.2) is 29.8 Å². The molecule has 4 aromatic rings. The van der Waals surface area contributed by atoms with E-state index in [2.05, 4.69) is 6.92 Å². The van der Waals surface area contributed by atoms with Crippen molar-refractivity contribution < 1.29 is 14.0 Å². The van der Waals surface area contributed by atoms with E-state index in [0.717, 1.165) is 52.6 Å². The van der Waals surface area contributed by atoms with Gasteiger partial charge in [0.2, 0.25) is 5.91 Å². The normalized spacial score (nSPS) is 17.3. The van der Waals surface area contributed by atoms with Gasteiger partial charge in [0.05, 0.1) is 5.02 Å². The van der Waals surface area contributed by atoms with Gasteiger partial charge in [-0.15, -0.1) is 11.3 Å². The molecule has 0 radical (unpaired) electrons. The van der Waals surface area contributed by atoms with E-state index in [1.165, 1.54) is 24.3 Å². The average molecular weight is 563 g/mol. The standard InChI is InChI=1S/C32H32ClFN2O2S/c1-20-8-13-26(14-9-20)36(32(38)31-30(33)27-6-4-5-7-29(27)39-31)19-24-18-23(12-17-28(24)34)22-10-15-25(16-11-22)35(3)21(2)37/h4-7,10-12,15-18,20,26H,8-9,13-14,19H2,1-3H3. The van der Waals surface area contributed by atoms with Crippen molar-refractivity contribution in [2.75, 3.05) is 11.9 Å². The number of benzene rings is 3. The number of hydrogen-bond donors (Lipinski definition) is 0. The molecule has 1 aliphatic rings. The monoisotopic (exact) mass is 562 g/mol. The molecule has 202 valence electrons. The van der Waals surface area contributed by atoms with Crippen LogP contribution in [0.1, 0.15) is 54.8 Å². The Morgan fingerprint density at radius 3 is 2.31 bits per heavy atom. The zero-order valence-electron chi connectivity index (χ0n) is 22.4. The lowest BCUT2D eigenvalue weighted by Crippen LogP contribution is -2.41. The van der Waals surface area contributed by atoms with Gasteiger partial charge in [-0.1, -0.05) is 54.9 Å². The Balaban J connectivity index is 1.47. The van der Waals surface area contributed by atoms with Crippen LogP contribution in [0.5, 0.6) is 0 Å². The highest BCUT2D eigenvalue weighted by atomic mass is 35.5. The highest BCUT2D eigenvalue weighted by Gasteiger charge is 2.31. The Morgan fingerprint density at radius 1 is 0.974 bits per heavy atom. The molecule has 39 heavy (non-hydrogen) atoms. The number of carbonyl (C=O) groups excluding carboxylic acids is 2. The summed E-state index contributed by atoms with van der Waals surface area (Å²) >= 11 is 8.12. The maximum Gasteiger partial charge on any atom is 0.266 e. The van der Waals surface area contributed by atoms with Crippen LogP contribution in [0.4, 0.5) is 10.1 Å². The van der Waals surface area contributed by atoms with Gasteiger partial charge in [0.1, 0.15) is 10.7 Å². The number of thiophene rings is 1. The van der Waals surface area contributed by atoms with E-state index < -0.39 is 0 Å². The van der Waals surface area contributed by atoms with Crippen molar-refractivity contribution in [1.29, 1.82) is 0 Å². The number of amides is 2. The van der Waals surface area contributed by atoms with Crippen LogP contribution in [0.2, 0.25) is 5.02 Å². The highest BCUT2D eigenvalue weighted by Crippen LogP contribution is 2.38. The first-order valence-electron chi connectivity index (χ1n) is 13.3. The molecule has 1 aliphatic carbocycles. The fourth-order valence-electron chi connectivity index (χ4n) is 5.32. The Hall–Kier alpha value is -3.22. The average Bonchev–Trinajstić information content (AvgIpc) is 3.29. The molecular formula is C32H32ClFN2O2S. The van der Waals surface area contributed by atoms with Crippen molar-refractivity contribution in [3.05, 3.63) is 88.0 Å². The Kier molecular flexibility index (Phi) is 8.06. The van der Waals surface area contributed by atoms with Crippen LogP contribution in [-0.2, 0) is 11.3 Å².